The Morgan fingerprint density at radius 3 is 1.91 bits per heavy atom. The lowest BCUT2D eigenvalue weighted by atomic mass is 10.2. The van der Waals surface area contributed by atoms with Gasteiger partial charge in [0.15, 0.2) is 0 Å². The molecule has 0 radical (unpaired) electrons. The fourth-order valence-electron chi connectivity index (χ4n) is 0.644. The van der Waals surface area contributed by atoms with Crippen molar-refractivity contribution in [1.29, 1.82) is 0 Å². The van der Waals surface area contributed by atoms with Gasteiger partial charge in [-0.15, -0.1) is 13.2 Å². The van der Waals surface area contributed by atoms with Crippen LogP contribution in [-0.2, 0) is 0 Å². The molecule has 0 aliphatic heterocycles. The molecule has 0 atom stereocenters. The van der Waals surface area contributed by atoms with Crippen LogP contribution in [0.3, 0.4) is 0 Å². The third-order valence-corrected chi connectivity index (χ3v) is 1.11. The zero-order valence-electron chi connectivity index (χ0n) is 7.91. The average molecular weight is 153 g/mol. The lowest BCUT2D eigenvalue weighted by Gasteiger charge is -2.04. The summed E-state index contributed by atoms with van der Waals surface area (Å²) < 4.78 is 0. The highest BCUT2D eigenvalue weighted by Gasteiger charge is 1.87. The molecule has 0 saturated heterocycles. The zero-order valence-corrected chi connectivity index (χ0v) is 7.91. The van der Waals surface area contributed by atoms with Crippen molar-refractivity contribution >= 4 is 0 Å². The first-order valence-corrected chi connectivity index (χ1v) is 3.76. The standard InChI is InChI=1S/C8H15N.C2H4/c1-5-8(7(3)4)9-6-2;1-2/h5,9H,1,6H2,2-4H3;1-2H2. The van der Waals surface area contributed by atoms with Crippen LogP contribution in [0.4, 0.5) is 0 Å². The van der Waals surface area contributed by atoms with Gasteiger partial charge in [-0.2, -0.15) is 0 Å². The van der Waals surface area contributed by atoms with E-state index in [2.05, 4.69) is 45.8 Å². The summed E-state index contributed by atoms with van der Waals surface area (Å²) in [5, 5.41) is 3.19. The van der Waals surface area contributed by atoms with E-state index in [0.717, 1.165) is 12.2 Å². The Bertz CT molecular complexity index is 130. The Morgan fingerprint density at radius 2 is 1.82 bits per heavy atom. The maximum absolute atomic E-state index is 3.68. The van der Waals surface area contributed by atoms with E-state index in [1.165, 1.54) is 5.57 Å². The summed E-state index contributed by atoms with van der Waals surface area (Å²) in [7, 11) is 0. The van der Waals surface area contributed by atoms with Gasteiger partial charge >= 0.3 is 0 Å². The smallest absolute Gasteiger partial charge is 0.0320 e. The molecule has 1 heteroatoms. The van der Waals surface area contributed by atoms with Crippen molar-refractivity contribution in [3.05, 3.63) is 37.1 Å². The lowest BCUT2D eigenvalue weighted by molar-refractivity contribution is 0.864. The second kappa shape index (κ2) is 9.02. The van der Waals surface area contributed by atoms with Crippen molar-refractivity contribution in [3.8, 4) is 0 Å². The third kappa shape index (κ3) is 6.91. The first-order chi connectivity index (χ1) is 5.22. The molecular formula is C10H19N. The molecule has 0 aliphatic carbocycles. The van der Waals surface area contributed by atoms with Gasteiger partial charge in [-0.25, -0.2) is 0 Å². The Kier molecular flexibility index (Phi) is 10.4. The van der Waals surface area contributed by atoms with Crippen molar-refractivity contribution in [2.24, 2.45) is 0 Å². The number of rotatable bonds is 3. The summed E-state index contributed by atoms with van der Waals surface area (Å²) in [6.07, 6.45) is 1.85. The normalized spacial score (nSPS) is 7.18. The molecule has 1 N–H and O–H groups in total. The Labute approximate surface area is 70.5 Å². The van der Waals surface area contributed by atoms with Gasteiger partial charge in [-0.05, 0) is 26.8 Å². The average Bonchev–Trinajstić information content (AvgIpc) is 2.03. The minimum atomic E-state index is 0.965. The van der Waals surface area contributed by atoms with Crippen LogP contribution < -0.4 is 5.32 Å². The molecule has 64 valence electrons. The highest BCUT2D eigenvalue weighted by atomic mass is 14.9. The summed E-state index contributed by atoms with van der Waals surface area (Å²) in [5.41, 5.74) is 2.43. The summed E-state index contributed by atoms with van der Waals surface area (Å²) in [5.74, 6) is 0. The van der Waals surface area contributed by atoms with Crippen molar-refractivity contribution in [1.82, 2.24) is 5.32 Å². The van der Waals surface area contributed by atoms with E-state index in [1.54, 1.807) is 0 Å². The van der Waals surface area contributed by atoms with Gasteiger partial charge < -0.3 is 5.32 Å². The van der Waals surface area contributed by atoms with Gasteiger partial charge in [0.25, 0.3) is 0 Å². The fourth-order valence-corrected chi connectivity index (χ4v) is 0.644. The van der Waals surface area contributed by atoms with Crippen LogP contribution in [0, 0.1) is 0 Å². The molecule has 0 saturated carbocycles. The van der Waals surface area contributed by atoms with Crippen LogP contribution in [0.15, 0.2) is 37.1 Å². The van der Waals surface area contributed by atoms with E-state index < -0.39 is 0 Å². The number of likely N-dealkylation sites (N-methyl/N-ethyl adjacent to an activating group) is 1. The van der Waals surface area contributed by atoms with Crippen molar-refractivity contribution in [2.75, 3.05) is 6.54 Å². The Hall–Kier alpha value is -0.980. The van der Waals surface area contributed by atoms with Crippen LogP contribution in [0.1, 0.15) is 20.8 Å². The first kappa shape index (κ1) is 12.7. The Morgan fingerprint density at radius 1 is 1.36 bits per heavy atom. The summed E-state index contributed by atoms with van der Waals surface area (Å²) >= 11 is 0. The molecule has 0 aromatic heterocycles. The molecule has 0 fully saturated rings. The molecule has 0 amide bonds. The van der Waals surface area contributed by atoms with E-state index in [0.29, 0.717) is 0 Å². The van der Waals surface area contributed by atoms with Gasteiger partial charge in [0.1, 0.15) is 0 Å². The van der Waals surface area contributed by atoms with E-state index in [-0.39, 0.29) is 0 Å². The number of allylic oxidation sites excluding steroid dienone is 2. The fraction of sp³-hybridized carbons (Fsp3) is 0.400. The zero-order chi connectivity index (χ0) is 9.28. The summed E-state index contributed by atoms with van der Waals surface area (Å²) in [4.78, 5) is 0. The van der Waals surface area contributed by atoms with Crippen molar-refractivity contribution in [3.63, 3.8) is 0 Å². The first-order valence-electron chi connectivity index (χ1n) is 3.76. The van der Waals surface area contributed by atoms with E-state index in [9.17, 15) is 0 Å². The van der Waals surface area contributed by atoms with Crippen molar-refractivity contribution < 1.29 is 0 Å². The van der Waals surface area contributed by atoms with Gasteiger partial charge in [0.05, 0.1) is 0 Å². The van der Waals surface area contributed by atoms with Crippen LogP contribution in [-0.4, -0.2) is 6.54 Å². The van der Waals surface area contributed by atoms with Crippen LogP contribution in [0.25, 0.3) is 0 Å². The minimum Gasteiger partial charge on any atom is -0.385 e. The maximum atomic E-state index is 3.68. The third-order valence-electron chi connectivity index (χ3n) is 1.11. The Balaban J connectivity index is 0. The second-order valence-electron chi connectivity index (χ2n) is 2.15. The predicted octanol–water partition coefficient (Wildman–Crippen LogP) is 2.88. The van der Waals surface area contributed by atoms with E-state index in [4.69, 9.17) is 0 Å². The van der Waals surface area contributed by atoms with Crippen LogP contribution in [0.2, 0.25) is 0 Å². The molecule has 0 unspecified atom stereocenters. The van der Waals surface area contributed by atoms with Gasteiger partial charge in [0.2, 0.25) is 0 Å². The summed E-state index contributed by atoms with van der Waals surface area (Å²) in [6.45, 7) is 16.9. The van der Waals surface area contributed by atoms with Crippen molar-refractivity contribution in [2.45, 2.75) is 20.8 Å². The molecule has 0 spiro atoms. The predicted molar refractivity (Wildman–Crippen MR) is 53.5 cm³/mol. The quantitative estimate of drug-likeness (QED) is 0.485. The summed E-state index contributed by atoms with van der Waals surface area (Å²) in [6, 6.07) is 0. The topological polar surface area (TPSA) is 12.0 Å². The number of nitrogens with one attached hydrogen (secondary N) is 1. The van der Waals surface area contributed by atoms with Crippen LogP contribution in [0.5, 0.6) is 0 Å². The van der Waals surface area contributed by atoms with Gasteiger partial charge in [-0.1, -0.05) is 12.2 Å². The SMILES string of the molecule is C=C.C=CC(NCC)=C(C)C. The number of hydrogen-bond donors (Lipinski definition) is 1. The maximum Gasteiger partial charge on any atom is 0.0320 e. The highest BCUT2D eigenvalue weighted by Crippen LogP contribution is 1.98. The van der Waals surface area contributed by atoms with Crippen LogP contribution >= 0.6 is 0 Å². The van der Waals surface area contributed by atoms with E-state index in [1.807, 2.05) is 6.08 Å². The minimum absolute atomic E-state index is 0.965. The molecule has 0 heterocycles. The highest BCUT2D eigenvalue weighted by molar-refractivity contribution is 5.19. The molecule has 0 aromatic rings. The molecule has 11 heavy (non-hydrogen) atoms. The number of hydrogen-bond acceptors (Lipinski definition) is 1. The molecule has 0 bridgehead atoms. The van der Waals surface area contributed by atoms with E-state index >= 15 is 0 Å². The molecular weight excluding hydrogens is 134 g/mol. The second-order valence-corrected chi connectivity index (χ2v) is 2.15. The lowest BCUT2D eigenvalue weighted by Crippen LogP contribution is -2.11. The molecule has 0 aromatic carbocycles. The molecule has 0 aliphatic rings. The molecule has 1 nitrogen and oxygen atoms in total. The monoisotopic (exact) mass is 153 g/mol. The largest absolute Gasteiger partial charge is 0.385 e. The molecule has 0 rings (SSSR count). The van der Waals surface area contributed by atoms with Gasteiger partial charge in [0, 0.05) is 12.2 Å². The van der Waals surface area contributed by atoms with Gasteiger partial charge in [-0.3, -0.25) is 0 Å².